The third kappa shape index (κ3) is 3.23. The minimum atomic E-state index is -2.73. The second kappa shape index (κ2) is 5.23. The Kier molecular flexibility index (Phi) is 3.68. The lowest BCUT2D eigenvalue weighted by Gasteiger charge is -2.35. The van der Waals surface area contributed by atoms with Crippen LogP contribution in [-0.2, 0) is 4.74 Å². The molecule has 0 heterocycles. The van der Waals surface area contributed by atoms with Crippen LogP contribution >= 0.6 is 0 Å². The first-order valence-electron chi connectivity index (χ1n) is 5.44. The Hall–Kier alpha value is -1.49. The zero-order valence-corrected chi connectivity index (χ0v) is 9.11. The summed E-state index contributed by atoms with van der Waals surface area (Å²) in [6.07, 6.45) is 0.460. The number of ether oxygens (including phenoxy) is 1. The molecule has 0 aromatic heterocycles. The highest BCUT2D eigenvalue weighted by molar-refractivity contribution is 5.94. The van der Waals surface area contributed by atoms with Crippen molar-refractivity contribution >= 4 is 5.91 Å². The normalized spacial score (nSPS) is 23.2. The smallest absolute Gasteiger partial charge is 0.345 e. The SMILES string of the molecule is O=C(NC1CC(OC(F)F)C1)c1ccccc1. The van der Waals surface area contributed by atoms with Gasteiger partial charge in [0.2, 0.25) is 0 Å². The zero-order chi connectivity index (χ0) is 12.3. The van der Waals surface area contributed by atoms with Crippen molar-refractivity contribution in [1.29, 1.82) is 0 Å². The zero-order valence-electron chi connectivity index (χ0n) is 9.11. The Morgan fingerprint density at radius 2 is 1.94 bits per heavy atom. The molecule has 1 aromatic rings. The summed E-state index contributed by atoms with van der Waals surface area (Å²) in [4.78, 5) is 11.7. The van der Waals surface area contributed by atoms with Crippen molar-refractivity contribution in [3.63, 3.8) is 0 Å². The molecule has 0 saturated heterocycles. The largest absolute Gasteiger partial charge is 0.349 e. The molecule has 2 rings (SSSR count). The maximum atomic E-state index is 11.9. The van der Waals surface area contributed by atoms with E-state index in [0.29, 0.717) is 18.4 Å². The number of amides is 1. The molecule has 17 heavy (non-hydrogen) atoms. The lowest BCUT2D eigenvalue weighted by atomic mass is 9.89. The molecule has 1 aliphatic rings. The number of rotatable bonds is 4. The molecule has 1 aromatic carbocycles. The first-order chi connectivity index (χ1) is 8.15. The number of carbonyl (C=O) groups is 1. The van der Waals surface area contributed by atoms with Gasteiger partial charge in [-0.2, -0.15) is 8.78 Å². The fourth-order valence-corrected chi connectivity index (χ4v) is 1.80. The summed E-state index contributed by atoms with van der Waals surface area (Å²) in [6.45, 7) is -2.73. The molecule has 92 valence electrons. The highest BCUT2D eigenvalue weighted by atomic mass is 19.3. The summed E-state index contributed by atoms with van der Waals surface area (Å²) in [5.74, 6) is -0.175. The molecule has 0 bridgehead atoms. The van der Waals surface area contributed by atoms with E-state index in [1.165, 1.54) is 0 Å². The van der Waals surface area contributed by atoms with Crippen LogP contribution < -0.4 is 5.32 Å². The second-order valence-electron chi connectivity index (χ2n) is 4.03. The highest BCUT2D eigenvalue weighted by Gasteiger charge is 2.33. The number of alkyl halides is 2. The van der Waals surface area contributed by atoms with E-state index in [1.54, 1.807) is 24.3 Å². The number of halogens is 2. The summed E-state index contributed by atoms with van der Waals surface area (Å²) >= 11 is 0. The van der Waals surface area contributed by atoms with Gasteiger partial charge in [-0.05, 0) is 25.0 Å². The molecule has 5 heteroatoms. The summed E-state index contributed by atoms with van der Waals surface area (Å²) in [6, 6.07) is 8.73. The average Bonchev–Trinajstić information content (AvgIpc) is 2.26. The molecule has 0 radical (unpaired) electrons. The second-order valence-corrected chi connectivity index (χ2v) is 4.03. The Balaban J connectivity index is 1.75. The Morgan fingerprint density at radius 3 is 2.53 bits per heavy atom. The van der Waals surface area contributed by atoms with Gasteiger partial charge in [0.05, 0.1) is 6.10 Å². The Bertz CT molecular complexity index is 377. The van der Waals surface area contributed by atoms with E-state index >= 15 is 0 Å². The van der Waals surface area contributed by atoms with Gasteiger partial charge in [-0.25, -0.2) is 0 Å². The molecule has 3 nitrogen and oxygen atoms in total. The van der Waals surface area contributed by atoms with E-state index in [1.807, 2.05) is 6.07 Å². The Morgan fingerprint density at radius 1 is 1.29 bits per heavy atom. The monoisotopic (exact) mass is 241 g/mol. The topological polar surface area (TPSA) is 38.3 Å². The van der Waals surface area contributed by atoms with Gasteiger partial charge in [0.15, 0.2) is 0 Å². The maximum absolute atomic E-state index is 11.9. The van der Waals surface area contributed by atoms with Crippen molar-refractivity contribution in [3.05, 3.63) is 35.9 Å². The Labute approximate surface area is 97.8 Å². The van der Waals surface area contributed by atoms with Crippen molar-refractivity contribution in [1.82, 2.24) is 5.32 Å². The van der Waals surface area contributed by atoms with Gasteiger partial charge in [-0.3, -0.25) is 4.79 Å². The standard InChI is InChI=1S/C12H13F2NO2/c13-12(14)17-10-6-9(7-10)15-11(16)8-4-2-1-3-5-8/h1-5,9-10,12H,6-7H2,(H,15,16). The van der Waals surface area contributed by atoms with Crippen molar-refractivity contribution in [2.24, 2.45) is 0 Å². The van der Waals surface area contributed by atoms with Crippen molar-refractivity contribution < 1.29 is 18.3 Å². The van der Waals surface area contributed by atoms with E-state index in [9.17, 15) is 13.6 Å². The fraction of sp³-hybridized carbons (Fsp3) is 0.417. The first-order valence-corrected chi connectivity index (χ1v) is 5.44. The van der Waals surface area contributed by atoms with Crippen molar-refractivity contribution in [3.8, 4) is 0 Å². The van der Waals surface area contributed by atoms with Crippen LogP contribution in [0, 0.1) is 0 Å². The predicted molar refractivity (Wildman–Crippen MR) is 57.8 cm³/mol. The van der Waals surface area contributed by atoms with Crippen LogP contribution in [0.5, 0.6) is 0 Å². The minimum absolute atomic E-state index is 0.0635. The third-order valence-corrected chi connectivity index (χ3v) is 2.76. The molecule has 1 fully saturated rings. The van der Waals surface area contributed by atoms with Crippen molar-refractivity contribution in [2.75, 3.05) is 0 Å². The lowest BCUT2D eigenvalue weighted by molar-refractivity contribution is -0.184. The first kappa shape index (κ1) is 12.0. The summed E-state index contributed by atoms with van der Waals surface area (Å²) < 4.78 is 28.0. The summed E-state index contributed by atoms with van der Waals surface area (Å²) in [7, 11) is 0. The maximum Gasteiger partial charge on any atom is 0.345 e. The minimum Gasteiger partial charge on any atom is -0.349 e. The van der Waals surface area contributed by atoms with E-state index in [-0.39, 0.29) is 11.9 Å². The highest BCUT2D eigenvalue weighted by Crippen LogP contribution is 2.25. The van der Waals surface area contributed by atoms with E-state index < -0.39 is 12.7 Å². The lowest BCUT2D eigenvalue weighted by Crippen LogP contribution is -2.48. The molecule has 1 saturated carbocycles. The van der Waals surface area contributed by atoms with Crippen LogP contribution in [0.1, 0.15) is 23.2 Å². The van der Waals surface area contributed by atoms with Gasteiger partial charge < -0.3 is 10.1 Å². The summed E-state index contributed by atoms with van der Waals surface area (Å²) in [5.41, 5.74) is 0.575. The number of carbonyl (C=O) groups excluding carboxylic acids is 1. The van der Waals surface area contributed by atoms with Gasteiger partial charge in [-0.15, -0.1) is 0 Å². The molecule has 0 atom stereocenters. The molecular weight excluding hydrogens is 228 g/mol. The van der Waals surface area contributed by atoms with Crippen LogP contribution in [0.25, 0.3) is 0 Å². The fourth-order valence-electron chi connectivity index (χ4n) is 1.80. The molecule has 0 spiro atoms. The molecule has 1 amide bonds. The van der Waals surface area contributed by atoms with Gasteiger partial charge >= 0.3 is 6.61 Å². The van der Waals surface area contributed by atoms with Crippen LogP contribution in [0.2, 0.25) is 0 Å². The van der Waals surface area contributed by atoms with Crippen LogP contribution in [0.4, 0.5) is 8.78 Å². The predicted octanol–water partition coefficient (Wildman–Crippen LogP) is 2.19. The van der Waals surface area contributed by atoms with E-state index in [2.05, 4.69) is 10.1 Å². The van der Waals surface area contributed by atoms with Crippen LogP contribution in [0.3, 0.4) is 0 Å². The molecular formula is C12H13F2NO2. The van der Waals surface area contributed by atoms with Crippen LogP contribution in [-0.4, -0.2) is 24.7 Å². The molecule has 1 N–H and O–H groups in total. The third-order valence-electron chi connectivity index (χ3n) is 2.76. The molecule has 0 unspecified atom stereocenters. The van der Waals surface area contributed by atoms with Gasteiger partial charge in [0, 0.05) is 11.6 Å². The quantitative estimate of drug-likeness (QED) is 0.877. The van der Waals surface area contributed by atoms with E-state index in [0.717, 1.165) is 0 Å². The summed E-state index contributed by atoms with van der Waals surface area (Å²) in [5, 5.41) is 2.77. The molecule has 0 aliphatic heterocycles. The van der Waals surface area contributed by atoms with Crippen molar-refractivity contribution in [2.45, 2.75) is 31.6 Å². The van der Waals surface area contributed by atoms with Gasteiger partial charge in [-0.1, -0.05) is 18.2 Å². The van der Waals surface area contributed by atoms with Gasteiger partial charge in [0.1, 0.15) is 0 Å². The number of hydrogen-bond donors (Lipinski definition) is 1. The van der Waals surface area contributed by atoms with E-state index in [4.69, 9.17) is 0 Å². The van der Waals surface area contributed by atoms with Gasteiger partial charge in [0.25, 0.3) is 5.91 Å². The number of nitrogens with one attached hydrogen (secondary N) is 1. The number of hydrogen-bond acceptors (Lipinski definition) is 2. The number of benzene rings is 1. The average molecular weight is 241 g/mol. The van der Waals surface area contributed by atoms with Crippen LogP contribution in [0.15, 0.2) is 30.3 Å². The molecule has 1 aliphatic carbocycles.